The van der Waals surface area contributed by atoms with Gasteiger partial charge in [-0.15, -0.1) is 0 Å². The van der Waals surface area contributed by atoms with Gasteiger partial charge in [0.05, 0.1) is 11.9 Å². The Hall–Kier alpha value is -2.87. The number of halogens is 1. The van der Waals surface area contributed by atoms with E-state index in [-0.39, 0.29) is 18.0 Å². The van der Waals surface area contributed by atoms with Gasteiger partial charge < -0.3 is 14.9 Å². The van der Waals surface area contributed by atoms with E-state index in [1.165, 1.54) is 10.9 Å². The number of nitrogens with one attached hydrogen (secondary N) is 1. The highest BCUT2D eigenvalue weighted by Gasteiger charge is 2.17. The van der Waals surface area contributed by atoms with Crippen LogP contribution in [0.1, 0.15) is 22.2 Å². The molecule has 0 radical (unpaired) electrons. The van der Waals surface area contributed by atoms with E-state index in [0.29, 0.717) is 28.8 Å². The van der Waals surface area contributed by atoms with Crippen LogP contribution in [0.4, 0.5) is 0 Å². The zero-order valence-electron chi connectivity index (χ0n) is 12.7. The molecule has 0 bridgehead atoms. The molecular weight excluding hydrogens is 334 g/mol. The number of carbonyl (C=O) groups excluding carboxylic acids is 1. The molecule has 24 heavy (non-hydrogen) atoms. The van der Waals surface area contributed by atoms with E-state index in [1.54, 1.807) is 31.2 Å². The zero-order chi connectivity index (χ0) is 17.1. The number of carbonyl (C=O) groups is 1. The molecule has 0 aliphatic carbocycles. The maximum absolute atomic E-state index is 12.1. The van der Waals surface area contributed by atoms with Crippen LogP contribution in [0.2, 0.25) is 5.02 Å². The second-order valence-electron chi connectivity index (χ2n) is 5.03. The first-order valence-corrected chi connectivity index (χ1v) is 7.52. The minimum Gasteiger partial charge on any atom is -0.504 e. The van der Waals surface area contributed by atoms with Crippen molar-refractivity contribution in [1.82, 2.24) is 25.2 Å². The monoisotopic (exact) mass is 347 g/mol. The first kappa shape index (κ1) is 16.0. The summed E-state index contributed by atoms with van der Waals surface area (Å²) < 4.78 is 6.36. The lowest BCUT2D eigenvalue weighted by atomic mass is 10.3. The van der Waals surface area contributed by atoms with Crippen molar-refractivity contribution in [2.75, 3.05) is 6.54 Å². The molecule has 3 rings (SSSR count). The lowest BCUT2D eigenvalue weighted by Crippen LogP contribution is -2.26. The summed E-state index contributed by atoms with van der Waals surface area (Å²) >= 11 is 5.83. The molecule has 8 nitrogen and oxygen atoms in total. The number of aromatic hydroxyl groups is 1. The van der Waals surface area contributed by atoms with Crippen molar-refractivity contribution in [2.24, 2.45) is 0 Å². The van der Waals surface area contributed by atoms with Crippen molar-refractivity contribution in [3.05, 3.63) is 52.9 Å². The smallest absolute Gasteiger partial charge is 0.275 e. The van der Waals surface area contributed by atoms with Crippen LogP contribution in [0, 0.1) is 6.92 Å². The average molecular weight is 348 g/mol. The number of hydrogen-bond acceptors (Lipinski definition) is 6. The number of aromatic nitrogens is 4. The van der Waals surface area contributed by atoms with E-state index < -0.39 is 5.91 Å². The molecule has 0 fully saturated rings. The molecule has 0 saturated carbocycles. The zero-order valence-corrected chi connectivity index (χ0v) is 13.5. The molecule has 124 valence electrons. The fourth-order valence-electron chi connectivity index (χ4n) is 2.06. The molecule has 0 aliphatic heterocycles. The van der Waals surface area contributed by atoms with Crippen molar-refractivity contribution in [2.45, 2.75) is 13.3 Å². The molecule has 2 heterocycles. The molecule has 0 unspecified atom stereocenters. The largest absolute Gasteiger partial charge is 0.504 e. The predicted octanol–water partition coefficient (Wildman–Crippen LogP) is 1.90. The summed E-state index contributed by atoms with van der Waals surface area (Å²) in [7, 11) is 0. The van der Waals surface area contributed by atoms with Crippen molar-refractivity contribution < 1.29 is 14.4 Å². The SMILES string of the molecule is Cc1noc(CCNC(=O)c2nn(-c3ccc(Cl)cc3)cc2O)n1. The Morgan fingerprint density at radius 1 is 1.38 bits per heavy atom. The van der Waals surface area contributed by atoms with Crippen molar-refractivity contribution in [3.8, 4) is 11.4 Å². The molecule has 0 atom stereocenters. The highest BCUT2D eigenvalue weighted by atomic mass is 35.5. The van der Waals surface area contributed by atoms with Gasteiger partial charge in [-0.1, -0.05) is 16.8 Å². The van der Waals surface area contributed by atoms with E-state index in [1.807, 2.05) is 0 Å². The highest BCUT2D eigenvalue weighted by Crippen LogP contribution is 2.19. The van der Waals surface area contributed by atoms with Gasteiger partial charge in [0.25, 0.3) is 5.91 Å². The summed E-state index contributed by atoms with van der Waals surface area (Å²) in [5.41, 5.74) is 0.613. The number of nitrogens with zero attached hydrogens (tertiary/aromatic N) is 4. The van der Waals surface area contributed by atoms with E-state index in [0.717, 1.165) is 0 Å². The van der Waals surface area contributed by atoms with Crippen LogP contribution in [-0.4, -0.2) is 37.5 Å². The topological polar surface area (TPSA) is 106 Å². The first-order chi connectivity index (χ1) is 11.5. The molecule has 1 amide bonds. The third kappa shape index (κ3) is 3.54. The van der Waals surface area contributed by atoms with E-state index in [4.69, 9.17) is 16.1 Å². The second kappa shape index (κ2) is 6.71. The standard InChI is InChI=1S/C15H14ClN5O3/c1-9-18-13(24-20-9)6-7-17-15(23)14-12(22)8-21(19-14)11-4-2-10(16)3-5-11/h2-5,8,22H,6-7H2,1H3,(H,17,23). The number of rotatable bonds is 5. The summed E-state index contributed by atoms with van der Waals surface area (Å²) in [5, 5.41) is 20.9. The van der Waals surface area contributed by atoms with Gasteiger partial charge in [-0.05, 0) is 31.2 Å². The van der Waals surface area contributed by atoms with Gasteiger partial charge >= 0.3 is 0 Å². The van der Waals surface area contributed by atoms with Crippen molar-refractivity contribution in [3.63, 3.8) is 0 Å². The minimum atomic E-state index is -0.489. The van der Waals surface area contributed by atoms with Crippen LogP contribution in [0.3, 0.4) is 0 Å². The van der Waals surface area contributed by atoms with Crippen LogP contribution in [-0.2, 0) is 6.42 Å². The van der Waals surface area contributed by atoms with Gasteiger partial charge in [0, 0.05) is 18.0 Å². The van der Waals surface area contributed by atoms with E-state index in [2.05, 4.69) is 20.6 Å². The van der Waals surface area contributed by atoms with Crippen LogP contribution < -0.4 is 5.32 Å². The third-order valence-corrected chi connectivity index (χ3v) is 3.45. The Kier molecular flexibility index (Phi) is 4.48. The van der Waals surface area contributed by atoms with E-state index >= 15 is 0 Å². The molecule has 1 aromatic carbocycles. The molecule has 0 saturated heterocycles. The van der Waals surface area contributed by atoms with Gasteiger partial charge in [0.15, 0.2) is 17.3 Å². The number of amides is 1. The lowest BCUT2D eigenvalue weighted by molar-refractivity contribution is 0.0945. The number of hydrogen-bond donors (Lipinski definition) is 2. The van der Waals surface area contributed by atoms with Crippen LogP contribution >= 0.6 is 11.6 Å². The summed E-state index contributed by atoms with van der Waals surface area (Å²) in [4.78, 5) is 16.2. The quantitative estimate of drug-likeness (QED) is 0.730. The Labute approximate surface area is 142 Å². The van der Waals surface area contributed by atoms with Gasteiger partial charge in [-0.2, -0.15) is 10.1 Å². The number of aryl methyl sites for hydroxylation is 1. The fraction of sp³-hybridized carbons (Fsp3) is 0.200. The Bertz CT molecular complexity index is 856. The first-order valence-electron chi connectivity index (χ1n) is 7.15. The molecule has 0 aliphatic rings. The van der Waals surface area contributed by atoms with Crippen LogP contribution in [0.25, 0.3) is 5.69 Å². The summed E-state index contributed by atoms with van der Waals surface area (Å²) in [6.45, 7) is 2.00. The second-order valence-corrected chi connectivity index (χ2v) is 5.46. The Balaban J connectivity index is 1.65. The normalized spacial score (nSPS) is 10.8. The molecule has 0 spiro atoms. The van der Waals surface area contributed by atoms with E-state index in [9.17, 15) is 9.90 Å². The van der Waals surface area contributed by atoms with Gasteiger partial charge in [-0.3, -0.25) is 4.79 Å². The third-order valence-electron chi connectivity index (χ3n) is 3.20. The van der Waals surface area contributed by atoms with Gasteiger partial charge in [-0.25, -0.2) is 4.68 Å². The van der Waals surface area contributed by atoms with Gasteiger partial charge in [0.2, 0.25) is 5.89 Å². The van der Waals surface area contributed by atoms with Crippen molar-refractivity contribution in [1.29, 1.82) is 0 Å². The molecular formula is C15H14ClN5O3. The van der Waals surface area contributed by atoms with Crippen LogP contribution in [0.15, 0.2) is 35.0 Å². The fourth-order valence-corrected chi connectivity index (χ4v) is 2.19. The minimum absolute atomic E-state index is 0.0633. The maximum Gasteiger partial charge on any atom is 0.275 e. The Morgan fingerprint density at radius 3 is 2.79 bits per heavy atom. The molecule has 3 aromatic rings. The van der Waals surface area contributed by atoms with Crippen molar-refractivity contribution >= 4 is 17.5 Å². The summed E-state index contributed by atoms with van der Waals surface area (Å²) in [5.74, 6) is 0.270. The highest BCUT2D eigenvalue weighted by molar-refractivity contribution is 6.30. The average Bonchev–Trinajstić information content (AvgIpc) is 3.14. The van der Waals surface area contributed by atoms with Gasteiger partial charge in [0.1, 0.15) is 0 Å². The molecule has 9 heteroatoms. The predicted molar refractivity (Wildman–Crippen MR) is 85.3 cm³/mol. The Morgan fingerprint density at radius 2 is 2.12 bits per heavy atom. The molecule has 2 aromatic heterocycles. The van der Waals surface area contributed by atoms with Crippen LogP contribution in [0.5, 0.6) is 5.75 Å². The lowest BCUT2D eigenvalue weighted by Gasteiger charge is -2.02. The number of benzene rings is 1. The maximum atomic E-state index is 12.1. The molecule has 2 N–H and O–H groups in total. The summed E-state index contributed by atoms with van der Waals surface area (Å²) in [6.07, 6.45) is 1.75. The summed E-state index contributed by atoms with van der Waals surface area (Å²) in [6, 6.07) is 6.85.